The highest BCUT2D eigenvalue weighted by Crippen LogP contribution is 2.16. The van der Waals surface area contributed by atoms with Crippen LogP contribution in [-0.2, 0) is 4.74 Å². The fraction of sp³-hybridized carbons (Fsp3) is 0.308. The maximum absolute atomic E-state index is 11.9. The van der Waals surface area contributed by atoms with Gasteiger partial charge in [-0.1, -0.05) is 15.9 Å². The Morgan fingerprint density at radius 3 is 2.67 bits per heavy atom. The van der Waals surface area contributed by atoms with E-state index in [1.54, 1.807) is 6.92 Å². The van der Waals surface area contributed by atoms with E-state index >= 15 is 0 Å². The molecule has 0 aromatic heterocycles. The van der Waals surface area contributed by atoms with E-state index < -0.39 is 5.97 Å². The lowest BCUT2D eigenvalue weighted by atomic mass is 10.00. The molecule has 0 atom stereocenters. The first-order chi connectivity index (χ1) is 8.63. The molecule has 0 aliphatic heterocycles. The summed E-state index contributed by atoms with van der Waals surface area (Å²) in [6.07, 6.45) is 0.290. The van der Waals surface area contributed by atoms with E-state index in [1.807, 2.05) is 6.07 Å². The van der Waals surface area contributed by atoms with Crippen LogP contribution >= 0.6 is 15.9 Å². The van der Waals surface area contributed by atoms with Gasteiger partial charge in [0.05, 0.1) is 23.8 Å². The third kappa shape index (κ3) is 3.41. The minimum absolute atomic E-state index is 0.153. The number of nitriles is 1. The highest BCUT2D eigenvalue weighted by atomic mass is 79.9. The predicted octanol–water partition coefficient (Wildman–Crippen LogP) is 2.70. The van der Waals surface area contributed by atoms with Crippen molar-refractivity contribution in [2.24, 2.45) is 0 Å². The van der Waals surface area contributed by atoms with Gasteiger partial charge in [0.25, 0.3) is 0 Å². The third-order valence-corrected chi connectivity index (χ3v) is 2.66. The summed E-state index contributed by atoms with van der Waals surface area (Å²) in [7, 11) is 0. The Morgan fingerprint density at radius 1 is 1.39 bits per heavy atom. The average Bonchev–Trinajstić information content (AvgIpc) is 2.38. The number of carbonyl (C=O) groups excluding carboxylic acids is 2. The number of halogens is 1. The Labute approximate surface area is 114 Å². The van der Waals surface area contributed by atoms with Gasteiger partial charge in [-0.2, -0.15) is 5.26 Å². The van der Waals surface area contributed by atoms with Crippen molar-refractivity contribution in [2.75, 3.05) is 11.9 Å². The topological polar surface area (TPSA) is 67.2 Å². The largest absolute Gasteiger partial charge is 0.462 e. The summed E-state index contributed by atoms with van der Waals surface area (Å²) < 4.78 is 4.88. The van der Waals surface area contributed by atoms with Crippen LogP contribution in [0.1, 0.15) is 39.6 Å². The highest BCUT2D eigenvalue weighted by Gasteiger charge is 2.18. The number of carbonyl (C=O) groups is 2. The van der Waals surface area contributed by atoms with Crippen molar-refractivity contribution in [3.63, 3.8) is 0 Å². The van der Waals surface area contributed by atoms with Gasteiger partial charge in [0.2, 0.25) is 0 Å². The van der Waals surface area contributed by atoms with Crippen LogP contribution in [0.15, 0.2) is 18.2 Å². The molecule has 94 valence electrons. The lowest BCUT2D eigenvalue weighted by Gasteiger charge is -2.07. The average molecular weight is 310 g/mol. The Kier molecular flexibility index (Phi) is 5.53. The van der Waals surface area contributed by atoms with E-state index in [2.05, 4.69) is 15.9 Å². The van der Waals surface area contributed by atoms with E-state index in [1.165, 1.54) is 18.2 Å². The van der Waals surface area contributed by atoms with Crippen molar-refractivity contribution in [3.8, 4) is 6.07 Å². The number of hydrogen-bond acceptors (Lipinski definition) is 4. The van der Waals surface area contributed by atoms with E-state index in [4.69, 9.17) is 10.00 Å². The second-order valence-corrected chi connectivity index (χ2v) is 4.25. The molecule has 0 radical (unpaired) electrons. The molecule has 0 saturated heterocycles. The van der Waals surface area contributed by atoms with Crippen LogP contribution < -0.4 is 0 Å². The number of nitrogens with zero attached hydrogens (tertiary/aromatic N) is 1. The van der Waals surface area contributed by atoms with Crippen molar-refractivity contribution in [3.05, 3.63) is 34.9 Å². The van der Waals surface area contributed by atoms with Crippen LogP contribution in [0.25, 0.3) is 0 Å². The first kappa shape index (κ1) is 14.4. The lowest BCUT2D eigenvalue weighted by molar-refractivity contribution is 0.0523. The summed E-state index contributed by atoms with van der Waals surface area (Å²) in [5.74, 6) is -0.730. The first-order valence-electron chi connectivity index (χ1n) is 5.44. The lowest BCUT2D eigenvalue weighted by Crippen LogP contribution is -2.12. The van der Waals surface area contributed by atoms with Gasteiger partial charge in [-0.25, -0.2) is 4.79 Å². The predicted molar refractivity (Wildman–Crippen MR) is 69.9 cm³/mol. The van der Waals surface area contributed by atoms with Gasteiger partial charge in [-0.05, 0) is 25.1 Å². The summed E-state index contributed by atoms with van der Waals surface area (Å²) in [5, 5.41) is 9.33. The Morgan fingerprint density at radius 2 is 2.11 bits per heavy atom. The fourth-order valence-corrected chi connectivity index (χ4v) is 1.82. The maximum atomic E-state index is 11.9. The van der Waals surface area contributed by atoms with E-state index in [9.17, 15) is 9.59 Å². The van der Waals surface area contributed by atoms with Gasteiger partial charge in [0.15, 0.2) is 5.78 Å². The van der Waals surface area contributed by atoms with Crippen molar-refractivity contribution < 1.29 is 14.3 Å². The molecule has 0 saturated carbocycles. The molecule has 0 aliphatic rings. The van der Waals surface area contributed by atoms with Crippen LogP contribution in [0.2, 0.25) is 0 Å². The van der Waals surface area contributed by atoms with Crippen LogP contribution in [0.4, 0.5) is 0 Å². The smallest absolute Gasteiger partial charge is 0.338 e. The van der Waals surface area contributed by atoms with E-state index in [0.717, 1.165) is 0 Å². The molecule has 5 heteroatoms. The standard InChI is InChI=1S/C13H12BrNO3/c1-2-18-13(17)11-7-9(8-15)3-4-10(11)12(16)5-6-14/h3-4,7H,2,5-6H2,1H3. The van der Waals surface area contributed by atoms with Gasteiger partial charge in [-0.15, -0.1) is 0 Å². The normalized spacial score (nSPS) is 9.61. The van der Waals surface area contributed by atoms with Crippen LogP contribution in [-0.4, -0.2) is 23.7 Å². The fourth-order valence-electron chi connectivity index (χ4n) is 1.46. The highest BCUT2D eigenvalue weighted by molar-refractivity contribution is 9.09. The SMILES string of the molecule is CCOC(=O)c1cc(C#N)ccc1C(=O)CCBr. The number of ketones is 1. The summed E-state index contributed by atoms with van der Waals surface area (Å²) in [6.45, 7) is 1.91. The van der Waals surface area contributed by atoms with Gasteiger partial charge in [-0.3, -0.25) is 4.79 Å². The molecule has 1 aromatic rings. The third-order valence-electron chi connectivity index (χ3n) is 2.27. The van der Waals surface area contributed by atoms with Crippen LogP contribution in [0.5, 0.6) is 0 Å². The molecular weight excluding hydrogens is 298 g/mol. The number of alkyl halides is 1. The van der Waals surface area contributed by atoms with Crippen molar-refractivity contribution >= 4 is 27.7 Å². The molecule has 0 aliphatic carbocycles. The molecular formula is C13H12BrNO3. The minimum atomic E-state index is -0.576. The zero-order valence-electron chi connectivity index (χ0n) is 9.90. The Hall–Kier alpha value is -1.67. The molecule has 4 nitrogen and oxygen atoms in total. The Bertz CT molecular complexity index is 505. The van der Waals surface area contributed by atoms with Crippen LogP contribution in [0.3, 0.4) is 0 Å². The van der Waals surface area contributed by atoms with E-state index in [-0.39, 0.29) is 24.4 Å². The maximum Gasteiger partial charge on any atom is 0.338 e. The molecule has 0 fully saturated rings. The molecule has 0 unspecified atom stereocenters. The molecule has 18 heavy (non-hydrogen) atoms. The van der Waals surface area contributed by atoms with Crippen molar-refractivity contribution in [1.82, 2.24) is 0 Å². The monoisotopic (exact) mass is 309 g/mol. The Balaban J connectivity index is 3.21. The van der Waals surface area contributed by atoms with Gasteiger partial charge in [0.1, 0.15) is 0 Å². The molecule has 0 heterocycles. The number of hydrogen-bond donors (Lipinski definition) is 0. The summed E-state index contributed by atoms with van der Waals surface area (Å²) in [6, 6.07) is 6.34. The summed E-state index contributed by atoms with van der Waals surface area (Å²) in [5.41, 5.74) is 0.780. The molecule has 0 N–H and O–H groups in total. The molecule has 1 rings (SSSR count). The number of rotatable bonds is 5. The van der Waals surface area contributed by atoms with E-state index in [0.29, 0.717) is 16.5 Å². The van der Waals surface area contributed by atoms with Crippen molar-refractivity contribution in [2.45, 2.75) is 13.3 Å². The number of esters is 1. The second-order valence-electron chi connectivity index (χ2n) is 3.45. The molecule has 1 aromatic carbocycles. The number of ether oxygens (including phenoxy) is 1. The van der Waals surface area contributed by atoms with Gasteiger partial charge in [0, 0.05) is 17.3 Å². The van der Waals surface area contributed by atoms with Crippen molar-refractivity contribution in [1.29, 1.82) is 5.26 Å². The zero-order chi connectivity index (χ0) is 13.5. The van der Waals surface area contributed by atoms with Gasteiger partial charge >= 0.3 is 5.97 Å². The number of Topliss-reactive ketones (excluding diaryl/α,β-unsaturated/α-hetero) is 1. The molecule has 0 spiro atoms. The second kappa shape index (κ2) is 6.92. The first-order valence-corrected chi connectivity index (χ1v) is 6.56. The van der Waals surface area contributed by atoms with Crippen LogP contribution in [0, 0.1) is 11.3 Å². The molecule has 0 bridgehead atoms. The summed E-state index contributed by atoms with van der Waals surface area (Å²) in [4.78, 5) is 23.6. The number of benzene rings is 1. The molecule has 0 amide bonds. The summed E-state index contributed by atoms with van der Waals surface area (Å²) >= 11 is 3.18. The quantitative estimate of drug-likeness (QED) is 0.476. The minimum Gasteiger partial charge on any atom is -0.462 e. The zero-order valence-corrected chi connectivity index (χ0v) is 11.5. The van der Waals surface area contributed by atoms with Gasteiger partial charge < -0.3 is 4.74 Å².